The third-order valence-corrected chi connectivity index (χ3v) is 14.3. The highest BCUT2D eigenvalue weighted by Gasteiger charge is 2.53. The van der Waals surface area contributed by atoms with E-state index in [-0.39, 0.29) is 5.41 Å². The van der Waals surface area contributed by atoms with E-state index in [1.54, 1.807) is 0 Å². The highest BCUT2D eigenvalue weighted by molar-refractivity contribution is 6.09. The quantitative estimate of drug-likeness (QED) is 0.161. The van der Waals surface area contributed by atoms with E-state index in [0.29, 0.717) is 0 Å². The molecule has 0 atom stereocenters. The summed E-state index contributed by atoms with van der Waals surface area (Å²) in [5, 5.41) is 5.09. The summed E-state index contributed by atoms with van der Waals surface area (Å²) in [5.74, 6) is 0. The third-order valence-electron chi connectivity index (χ3n) is 14.3. The summed E-state index contributed by atoms with van der Waals surface area (Å²) in [6.07, 6.45) is 0. The monoisotopic (exact) mass is 775 g/mol. The first kappa shape index (κ1) is 34.4. The van der Waals surface area contributed by atoms with Crippen molar-refractivity contribution in [2.75, 3.05) is 4.90 Å². The lowest BCUT2D eigenvalue weighted by atomic mass is 9.70. The molecule has 10 aromatic rings. The lowest BCUT2D eigenvalue weighted by Crippen LogP contribution is -2.28. The molecule has 3 aliphatic carbocycles. The Balaban J connectivity index is 1.09. The fourth-order valence-electron chi connectivity index (χ4n) is 11.6. The van der Waals surface area contributed by atoms with E-state index >= 15 is 0 Å². The zero-order valence-electron chi connectivity index (χ0n) is 34.2. The summed E-state index contributed by atoms with van der Waals surface area (Å²) in [5.41, 5.74) is 21.2. The highest BCUT2D eigenvalue weighted by atomic mass is 15.2. The van der Waals surface area contributed by atoms with Gasteiger partial charge < -0.3 is 4.90 Å². The van der Waals surface area contributed by atoms with Gasteiger partial charge in [-0.25, -0.2) is 0 Å². The summed E-state index contributed by atoms with van der Waals surface area (Å²) in [4.78, 5) is 2.59. The Morgan fingerprint density at radius 1 is 0.344 bits per heavy atom. The third kappa shape index (κ3) is 4.56. The van der Waals surface area contributed by atoms with Crippen molar-refractivity contribution in [3.63, 3.8) is 0 Å². The van der Waals surface area contributed by atoms with Crippen molar-refractivity contribution in [3.05, 3.63) is 246 Å². The molecule has 1 spiro atoms. The molecule has 0 heterocycles. The van der Waals surface area contributed by atoms with E-state index in [2.05, 4.69) is 231 Å². The Kier molecular flexibility index (Phi) is 7.06. The maximum atomic E-state index is 2.59. The summed E-state index contributed by atoms with van der Waals surface area (Å²) >= 11 is 0. The van der Waals surface area contributed by atoms with Crippen molar-refractivity contribution in [1.82, 2.24) is 0 Å². The molecule has 0 saturated carbocycles. The van der Waals surface area contributed by atoms with E-state index in [0.717, 1.165) is 5.69 Å². The van der Waals surface area contributed by atoms with Crippen LogP contribution in [0.15, 0.2) is 212 Å². The molecule has 61 heavy (non-hydrogen) atoms. The number of nitrogens with zero attached hydrogens (tertiary/aromatic N) is 1. The second-order valence-electron chi connectivity index (χ2n) is 17.6. The number of fused-ring (bicyclic) bond motifs is 16. The first-order valence-electron chi connectivity index (χ1n) is 21.5. The van der Waals surface area contributed by atoms with Crippen LogP contribution in [0.4, 0.5) is 17.1 Å². The van der Waals surface area contributed by atoms with E-state index in [4.69, 9.17) is 0 Å². The molecule has 1 nitrogen and oxygen atoms in total. The van der Waals surface area contributed by atoms with Crippen LogP contribution in [0.25, 0.3) is 66.1 Å². The Hall–Kier alpha value is -7.48. The number of hydrogen-bond donors (Lipinski definition) is 0. The molecule has 0 saturated heterocycles. The van der Waals surface area contributed by atoms with Crippen molar-refractivity contribution < 1.29 is 0 Å². The van der Waals surface area contributed by atoms with Crippen molar-refractivity contribution >= 4 is 38.6 Å². The van der Waals surface area contributed by atoms with Crippen LogP contribution < -0.4 is 4.90 Å². The van der Waals surface area contributed by atoms with Gasteiger partial charge in [-0.2, -0.15) is 0 Å². The standard InChI is InChI=1S/C60H41N/c1-59(2)50-22-9-8-20-48(50)57-54(59)26-14-27-55(57)61(42-35-33-38(34-36-42)41-32-31-40-30-29-39-15-3-4-16-43(39)49(40)37-41)56-28-13-21-47-46-19-7-12-25-53(46)60(58(47)56)51-23-10-5-17-44(51)45-18-6-11-24-52(45)60/h3-37H,1-2H3. The molecule has 0 fully saturated rings. The van der Waals surface area contributed by atoms with Crippen LogP contribution in [0.3, 0.4) is 0 Å². The molecule has 286 valence electrons. The molecule has 0 N–H and O–H groups in total. The van der Waals surface area contributed by atoms with Gasteiger partial charge in [-0.05, 0) is 119 Å². The van der Waals surface area contributed by atoms with Gasteiger partial charge in [-0.1, -0.05) is 196 Å². The number of anilines is 3. The van der Waals surface area contributed by atoms with Crippen LogP contribution in [-0.4, -0.2) is 0 Å². The minimum Gasteiger partial charge on any atom is -0.310 e. The molecule has 1 heteroatoms. The van der Waals surface area contributed by atoms with Gasteiger partial charge in [0.05, 0.1) is 16.8 Å². The molecule has 0 aliphatic heterocycles. The molecular weight excluding hydrogens is 735 g/mol. The van der Waals surface area contributed by atoms with Crippen molar-refractivity contribution in [3.8, 4) is 44.5 Å². The Morgan fingerprint density at radius 2 is 0.836 bits per heavy atom. The van der Waals surface area contributed by atoms with Crippen LogP contribution in [-0.2, 0) is 10.8 Å². The Morgan fingerprint density at radius 3 is 1.54 bits per heavy atom. The summed E-state index contributed by atoms with van der Waals surface area (Å²) in [6.45, 7) is 4.76. The fourth-order valence-corrected chi connectivity index (χ4v) is 11.6. The van der Waals surface area contributed by atoms with E-state index in [1.165, 1.54) is 111 Å². The summed E-state index contributed by atoms with van der Waals surface area (Å²) in [6, 6.07) is 79.8. The van der Waals surface area contributed by atoms with Crippen LogP contribution in [0.1, 0.15) is 47.2 Å². The minimum absolute atomic E-state index is 0.142. The van der Waals surface area contributed by atoms with Crippen LogP contribution in [0, 0.1) is 0 Å². The van der Waals surface area contributed by atoms with Gasteiger partial charge in [0, 0.05) is 22.2 Å². The predicted octanol–water partition coefficient (Wildman–Crippen LogP) is 15.8. The fraction of sp³-hybridized carbons (Fsp3) is 0.0667. The molecule has 3 aliphatic rings. The van der Waals surface area contributed by atoms with E-state index < -0.39 is 5.41 Å². The first-order valence-corrected chi connectivity index (χ1v) is 21.5. The lowest BCUT2D eigenvalue weighted by molar-refractivity contribution is 0.660. The zero-order chi connectivity index (χ0) is 40.5. The van der Waals surface area contributed by atoms with Crippen molar-refractivity contribution in [1.29, 1.82) is 0 Å². The number of hydrogen-bond acceptors (Lipinski definition) is 1. The van der Waals surface area contributed by atoms with Gasteiger partial charge in [-0.3, -0.25) is 0 Å². The first-order chi connectivity index (χ1) is 30.0. The molecular formula is C60H41N. The van der Waals surface area contributed by atoms with Crippen molar-refractivity contribution in [2.45, 2.75) is 24.7 Å². The second-order valence-corrected chi connectivity index (χ2v) is 17.6. The molecule has 0 bridgehead atoms. The van der Waals surface area contributed by atoms with Gasteiger partial charge in [0.15, 0.2) is 0 Å². The van der Waals surface area contributed by atoms with Gasteiger partial charge in [0.2, 0.25) is 0 Å². The second kappa shape index (κ2) is 12.5. The number of benzene rings is 10. The van der Waals surface area contributed by atoms with Gasteiger partial charge in [-0.15, -0.1) is 0 Å². The predicted molar refractivity (Wildman–Crippen MR) is 255 cm³/mol. The van der Waals surface area contributed by atoms with Crippen LogP contribution in [0.5, 0.6) is 0 Å². The maximum Gasteiger partial charge on any atom is 0.0746 e. The minimum atomic E-state index is -0.503. The zero-order valence-corrected chi connectivity index (χ0v) is 34.2. The highest BCUT2D eigenvalue weighted by Crippen LogP contribution is 2.66. The van der Waals surface area contributed by atoms with Gasteiger partial charge in [0.1, 0.15) is 0 Å². The molecule has 13 rings (SSSR count). The summed E-state index contributed by atoms with van der Waals surface area (Å²) < 4.78 is 0. The number of rotatable bonds is 4. The largest absolute Gasteiger partial charge is 0.310 e. The maximum absolute atomic E-state index is 2.59. The molecule has 0 aromatic heterocycles. The van der Waals surface area contributed by atoms with Crippen LogP contribution in [0.2, 0.25) is 0 Å². The normalized spacial score (nSPS) is 14.3. The van der Waals surface area contributed by atoms with E-state index in [1.807, 2.05) is 0 Å². The topological polar surface area (TPSA) is 3.24 Å². The average molecular weight is 776 g/mol. The molecule has 0 amide bonds. The van der Waals surface area contributed by atoms with Gasteiger partial charge in [0.25, 0.3) is 0 Å². The van der Waals surface area contributed by atoms with Crippen LogP contribution >= 0.6 is 0 Å². The lowest BCUT2D eigenvalue weighted by Gasteiger charge is -2.36. The van der Waals surface area contributed by atoms with E-state index in [9.17, 15) is 0 Å². The average Bonchev–Trinajstić information content (AvgIpc) is 3.88. The summed E-state index contributed by atoms with van der Waals surface area (Å²) in [7, 11) is 0. The smallest absolute Gasteiger partial charge is 0.0746 e. The molecule has 10 aromatic carbocycles. The SMILES string of the molecule is CC1(C)c2ccccc2-c2c(N(c3ccc(-c4ccc5ccc6ccccc6c5c4)cc3)c3cccc4c3C3(c5ccccc5-c5ccccc53)c3ccccc3-4)cccc21. The van der Waals surface area contributed by atoms with Gasteiger partial charge >= 0.3 is 0 Å². The molecule has 0 radical (unpaired) electrons. The Labute approximate surface area is 356 Å². The Bertz CT molecular complexity index is 3390. The molecule has 0 unspecified atom stereocenters. The van der Waals surface area contributed by atoms with Crippen molar-refractivity contribution in [2.24, 2.45) is 0 Å².